The molecule has 0 spiro atoms. The molecule has 0 aliphatic carbocycles. The topological polar surface area (TPSA) is 66.2 Å². The number of hydrogen-bond donors (Lipinski definition) is 2. The van der Waals surface area contributed by atoms with Crippen LogP contribution in [0.4, 0.5) is 0 Å². The van der Waals surface area contributed by atoms with Crippen LogP contribution >= 0.6 is 0 Å². The molecule has 1 aromatic heterocycles. The molecule has 0 saturated carbocycles. The van der Waals surface area contributed by atoms with E-state index in [-0.39, 0.29) is 6.61 Å². The highest BCUT2D eigenvalue weighted by atomic mass is 16.3. The molecule has 4 nitrogen and oxygen atoms in total. The molecule has 0 radical (unpaired) electrons. The smallest absolute Gasteiger partial charge is 0.115 e. The fourth-order valence-corrected chi connectivity index (χ4v) is 0.772. The van der Waals surface area contributed by atoms with Gasteiger partial charge < -0.3 is 10.2 Å². The van der Waals surface area contributed by atoms with E-state index in [1.807, 2.05) is 0 Å². The number of aliphatic hydroxyl groups excluding tert-OH is 2. The number of nitrogens with zero attached hydrogens (tertiary/aromatic N) is 2. The first-order valence-electron chi connectivity index (χ1n) is 3.38. The van der Waals surface area contributed by atoms with Crippen LogP contribution in [0.15, 0.2) is 18.7 Å². The molecule has 60 valence electrons. The molecule has 0 amide bonds. The molecule has 1 unspecified atom stereocenters. The van der Waals surface area contributed by atoms with Gasteiger partial charge in [0.25, 0.3) is 0 Å². The Bertz CT molecular complexity index is 203. The van der Waals surface area contributed by atoms with E-state index in [0.29, 0.717) is 12.0 Å². The Hall–Kier alpha value is -1.00. The molecular formula is C7H10N2O2. The third kappa shape index (κ3) is 2.25. The molecule has 11 heavy (non-hydrogen) atoms. The summed E-state index contributed by atoms with van der Waals surface area (Å²) in [6.07, 6.45) is 4.14. The lowest BCUT2D eigenvalue weighted by atomic mass is 10.1. The van der Waals surface area contributed by atoms with Crippen molar-refractivity contribution in [2.24, 2.45) is 0 Å². The minimum absolute atomic E-state index is 0.0317. The maximum atomic E-state index is 9.28. The Morgan fingerprint density at radius 1 is 1.36 bits per heavy atom. The highest BCUT2D eigenvalue weighted by Crippen LogP contribution is 2.12. The highest BCUT2D eigenvalue weighted by Gasteiger charge is 2.05. The van der Waals surface area contributed by atoms with Crippen LogP contribution in [0.2, 0.25) is 0 Å². The van der Waals surface area contributed by atoms with Gasteiger partial charge in [0, 0.05) is 31.0 Å². The lowest BCUT2D eigenvalue weighted by Crippen LogP contribution is -2.00. The van der Waals surface area contributed by atoms with Crippen LogP contribution < -0.4 is 0 Å². The molecule has 0 saturated heterocycles. The SMILES string of the molecule is OCCC(O)c1cncnc1. The van der Waals surface area contributed by atoms with E-state index in [9.17, 15) is 5.11 Å². The van der Waals surface area contributed by atoms with Gasteiger partial charge in [0.2, 0.25) is 0 Å². The molecule has 4 heteroatoms. The predicted octanol–water partition coefficient (Wildman–Crippen LogP) is -0.108. The number of aliphatic hydroxyl groups is 2. The molecule has 1 aromatic rings. The zero-order chi connectivity index (χ0) is 8.10. The molecule has 0 aromatic carbocycles. The van der Waals surface area contributed by atoms with Crippen molar-refractivity contribution in [3.05, 3.63) is 24.3 Å². The third-order valence-electron chi connectivity index (χ3n) is 1.37. The molecule has 1 heterocycles. The van der Waals surface area contributed by atoms with Crippen LogP contribution in [0.5, 0.6) is 0 Å². The van der Waals surface area contributed by atoms with E-state index < -0.39 is 6.10 Å². The molecule has 1 atom stereocenters. The summed E-state index contributed by atoms with van der Waals surface area (Å²) in [5.41, 5.74) is 0.640. The van der Waals surface area contributed by atoms with Crippen molar-refractivity contribution >= 4 is 0 Å². The normalized spacial score (nSPS) is 12.9. The van der Waals surface area contributed by atoms with Gasteiger partial charge in [-0.05, 0) is 0 Å². The molecule has 0 bridgehead atoms. The average molecular weight is 154 g/mol. The first kappa shape index (κ1) is 8.10. The fraction of sp³-hybridized carbons (Fsp3) is 0.429. The van der Waals surface area contributed by atoms with Crippen LogP contribution in [-0.2, 0) is 0 Å². The first-order valence-corrected chi connectivity index (χ1v) is 3.38. The summed E-state index contributed by atoms with van der Waals surface area (Å²) in [7, 11) is 0. The van der Waals surface area contributed by atoms with Crippen LogP contribution in [-0.4, -0.2) is 26.8 Å². The molecule has 0 aliphatic heterocycles. The number of rotatable bonds is 3. The van der Waals surface area contributed by atoms with Gasteiger partial charge >= 0.3 is 0 Å². The first-order chi connectivity index (χ1) is 5.34. The maximum Gasteiger partial charge on any atom is 0.115 e. The molecule has 1 rings (SSSR count). The summed E-state index contributed by atoms with van der Waals surface area (Å²) in [5.74, 6) is 0. The Morgan fingerprint density at radius 2 is 2.00 bits per heavy atom. The zero-order valence-electron chi connectivity index (χ0n) is 6.01. The van der Waals surface area contributed by atoms with Crippen LogP contribution in [0.25, 0.3) is 0 Å². The second kappa shape index (κ2) is 4.00. The van der Waals surface area contributed by atoms with Crippen molar-refractivity contribution in [2.45, 2.75) is 12.5 Å². The second-order valence-corrected chi connectivity index (χ2v) is 2.20. The minimum Gasteiger partial charge on any atom is -0.396 e. The monoisotopic (exact) mass is 154 g/mol. The number of aromatic nitrogens is 2. The zero-order valence-corrected chi connectivity index (χ0v) is 6.01. The quantitative estimate of drug-likeness (QED) is 0.637. The summed E-state index contributed by atoms with van der Waals surface area (Å²) < 4.78 is 0. The van der Waals surface area contributed by atoms with Gasteiger partial charge in [0.05, 0.1) is 6.10 Å². The lowest BCUT2D eigenvalue weighted by molar-refractivity contribution is 0.133. The summed E-state index contributed by atoms with van der Waals surface area (Å²) in [6, 6.07) is 0. The Labute approximate surface area is 64.6 Å². The Balaban J connectivity index is 2.61. The predicted molar refractivity (Wildman–Crippen MR) is 38.7 cm³/mol. The highest BCUT2D eigenvalue weighted by molar-refractivity contribution is 5.05. The lowest BCUT2D eigenvalue weighted by Gasteiger charge is -2.06. The van der Waals surface area contributed by atoms with Gasteiger partial charge in [-0.1, -0.05) is 0 Å². The van der Waals surface area contributed by atoms with Gasteiger partial charge in [-0.25, -0.2) is 9.97 Å². The summed E-state index contributed by atoms with van der Waals surface area (Å²) in [6.45, 7) is -0.0317. The van der Waals surface area contributed by atoms with Crippen molar-refractivity contribution in [1.29, 1.82) is 0 Å². The summed E-state index contributed by atoms with van der Waals surface area (Å²) in [4.78, 5) is 7.47. The largest absolute Gasteiger partial charge is 0.396 e. The van der Waals surface area contributed by atoms with Gasteiger partial charge in [-0.15, -0.1) is 0 Å². The van der Waals surface area contributed by atoms with Crippen molar-refractivity contribution < 1.29 is 10.2 Å². The van der Waals surface area contributed by atoms with Gasteiger partial charge in [0.1, 0.15) is 6.33 Å². The number of hydrogen-bond acceptors (Lipinski definition) is 4. The maximum absolute atomic E-state index is 9.28. The van der Waals surface area contributed by atoms with Gasteiger partial charge in [0.15, 0.2) is 0 Å². The Morgan fingerprint density at radius 3 is 2.55 bits per heavy atom. The summed E-state index contributed by atoms with van der Waals surface area (Å²) in [5, 5.41) is 17.8. The van der Waals surface area contributed by atoms with Crippen molar-refractivity contribution in [2.75, 3.05) is 6.61 Å². The van der Waals surface area contributed by atoms with Crippen LogP contribution in [0, 0.1) is 0 Å². The Kier molecular flexibility index (Phi) is 2.95. The van der Waals surface area contributed by atoms with Crippen LogP contribution in [0.3, 0.4) is 0 Å². The van der Waals surface area contributed by atoms with E-state index in [1.54, 1.807) is 0 Å². The molecule has 2 N–H and O–H groups in total. The van der Waals surface area contributed by atoms with Gasteiger partial charge in [-0.2, -0.15) is 0 Å². The van der Waals surface area contributed by atoms with Gasteiger partial charge in [-0.3, -0.25) is 0 Å². The van der Waals surface area contributed by atoms with E-state index in [1.165, 1.54) is 18.7 Å². The fourth-order valence-electron chi connectivity index (χ4n) is 0.772. The van der Waals surface area contributed by atoms with E-state index in [0.717, 1.165) is 0 Å². The molecular weight excluding hydrogens is 144 g/mol. The van der Waals surface area contributed by atoms with Crippen molar-refractivity contribution in [3.63, 3.8) is 0 Å². The van der Waals surface area contributed by atoms with E-state index in [4.69, 9.17) is 5.11 Å². The standard InChI is InChI=1S/C7H10N2O2/c10-2-1-7(11)6-3-8-5-9-4-6/h3-5,7,10-11H,1-2H2. The van der Waals surface area contributed by atoms with Crippen LogP contribution in [0.1, 0.15) is 18.1 Å². The molecule has 0 aliphatic rings. The second-order valence-electron chi connectivity index (χ2n) is 2.20. The van der Waals surface area contributed by atoms with E-state index >= 15 is 0 Å². The summed E-state index contributed by atoms with van der Waals surface area (Å²) >= 11 is 0. The van der Waals surface area contributed by atoms with Crippen molar-refractivity contribution in [3.8, 4) is 0 Å². The van der Waals surface area contributed by atoms with Crippen molar-refractivity contribution in [1.82, 2.24) is 9.97 Å². The van der Waals surface area contributed by atoms with E-state index in [2.05, 4.69) is 9.97 Å². The molecule has 0 fully saturated rings. The minimum atomic E-state index is -0.652. The average Bonchev–Trinajstić information content (AvgIpc) is 2.07. The third-order valence-corrected chi connectivity index (χ3v) is 1.37.